The Morgan fingerprint density at radius 3 is 2.76 bits per heavy atom. The van der Waals surface area contributed by atoms with E-state index in [-0.39, 0.29) is 11.7 Å². The first-order valence-electron chi connectivity index (χ1n) is 8.03. The molecule has 0 spiro atoms. The Morgan fingerprint density at radius 1 is 1.32 bits per heavy atom. The summed E-state index contributed by atoms with van der Waals surface area (Å²) >= 11 is 1.41. The van der Waals surface area contributed by atoms with Gasteiger partial charge in [-0.2, -0.15) is 0 Å². The van der Waals surface area contributed by atoms with Crippen molar-refractivity contribution in [2.75, 3.05) is 37.4 Å². The number of nitrogens with zero attached hydrogens (tertiary/aromatic N) is 3. The highest BCUT2D eigenvalue weighted by molar-refractivity contribution is 8.14. The summed E-state index contributed by atoms with van der Waals surface area (Å²) in [6.07, 6.45) is 0. The molecule has 1 aliphatic rings. The van der Waals surface area contributed by atoms with Gasteiger partial charge in [0.2, 0.25) is 5.91 Å². The van der Waals surface area contributed by atoms with E-state index in [2.05, 4.69) is 15.4 Å². The van der Waals surface area contributed by atoms with Crippen LogP contribution < -0.4 is 5.32 Å². The molecule has 1 aromatic heterocycles. The van der Waals surface area contributed by atoms with Crippen molar-refractivity contribution < 1.29 is 14.1 Å². The topological polar surface area (TPSA) is 80.0 Å². The second kappa shape index (κ2) is 8.68. The average molecular weight is 360 g/mol. The second-order valence-electron chi connectivity index (χ2n) is 5.49. The molecule has 1 aromatic carbocycles. The van der Waals surface area contributed by atoms with Crippen LogP contribution >= 0.6 is 11.8 Å². The van der Waals surface area contributed by atoms with Gasteiger partial charge in [0.25, 0.3) is 0 Å². The predicted octanol–water partition coefficient (Wildman–Crippen LogP) is 2.67. The lowest BCUT2D eigenvalue weighted by atomic mass is 10.3. The minimum atomic E-state index is -0.146. The molecule has 2 heterocycles. The highest BCUT2D eigenvalue weighted by Crippen LogP contribution is 2.19. The zero-order valence-electron chi connectivity index (χ0n) is 14.0. The summed E-state index contributed by atoms with van der Waals surface area (Å²) in [6, 6.07) is 11.4. The lowest BCUT2D eigenvalue weighted by Gasteiger charge is -2.29. The summed E-state index contributed by atoms with van der Waals surface area (Å²) in [6.45, 7) is 4.64. The Balaban J connectivity index is 1.64. The lowest BCUT2D eigenvalue weighted by molar-refractivity contribution is -0.113. The summed E-state index contributed by atoms with van der Waals surface area (Å²) in [5, 5.41) is 7.31. The standard InChI is InChI=1S/C17H20N4O3S/c1-13-11-15(20-24-13)19-16(22)12-25-17(21-7-9-23-10-8-21)18-14-5-3-2-4-6-14/h2-6,11H,7-10,12H2,1H3,(H,19,20,22). The zero-order chi connectivity index (χ0) is 17.5. The summed E-state index contributed by atoms with van der Waals surface area (Å²) in [5.74, 6) is 1.18. The number of anilines is 1. The Hall–Kier alpha value is -2.32. The summed E-state index contributed by atoms with van der Waals surface area (Å²) < 4.78 is 10.4. The Bertz CT molecular complexity index is 727. The summed E-state index contributed by atoms with van der Waals surface area (Å²) in [4.78, 5) is 19.0. The Morgan fingerprint density at radius 2 is 2.08 bits per heavy atom. The number of morpholine rings is 1. The largest absolute Gasteiger partial charge is 0.378 e. The average Bonchev–Trinajstić information content (AvgIpc) is 3.05. The number of nitrogens with one attached hydrogen (secondary N) is 1. The van der Waals surface area contributed by atoms with Crippen LogP contribution in [0.3, 0.4) is 0 Å². The highest BCUT2D eigenvalue weighted by atomic mass is 32.2. The van der Waals surface area contributed by atoms with Gasteiger partial charge in [-0.3, -0.25) is 4.79 Å². The van der Waals surface area contributed by atoms with E-state index >= 15 is 0 Å². The minimum absolute atomic E-state index is 0.146. The number of aryl methyl sites for hydroxylation is 1. The van der Waals surface area contributed by atoms with Gasteiger partial charge in [0.15, 0.2) is 11.0 Å². The van der Waals surface area contributed by atoms with E-state index in [1.54, 1.807) is 13.0 Å². The third kappa shape index (κ3) is 5.33. The molecule has 0 aliphatic carbocycles. The van der Waals surface area contributed by atoms with Crippen LogP contribution in [0.15, 0.2) is 45.9 Å². The molecule has 3 rings (SSSR count). The van der Waals surface area contributed by atoms with E-state index in [4.69, 9.17) is 14.3 Å². The first kappa shape index (κ1) is 17.5. The number of amides is 1. The number of rotatable bonds is 4. The number of amidine groups is 1. The SMILES string of the molecule is Cc1cc(NC(=O)CSC(=Nc2ccccc2)N2CCOCC2)no1. The predicted molar refractivity (Wildman–Crippen MR) is 98.3 cm³/mol. The fourth-order valence-corrected chi connectivity index (χ4v) is 3.16. The third-order valence-electron chi connectivity index (χ3n) is 3.49. The highest BCUT2D eigenvalue weighted by Gasteiger charge is 2.17. The monoisotopic (exact) mass is 360 g/mol. The molecular weight excluding hydrogens is 340 g/mol. The van der Waals surface area contributed by atoms with Crippen molar-refractivity contribution in [1.29, 1.82) is 0 Å². The number of carbonyl (C=O) groups excluding carboxylic acids is 1. The van der Waals surface area contributed by atoms with Crippen LogP contribution in [0, 0.1) is 6.92 Å². The van der Waals surface area contributed by atoms with Gasteiger partial charge in [0, 0.05) is 19.2 Å². The van der Waals surface area contributed by atoms with Gasteiger partial charge >= 0.3 is 0 Å². The number of aromatic nitrogens is 1. The maximum atomic E-state index is 12.1. The quantitative estimate of drug-likeness (QED) is 0.667. The molecule has 1 saturated heterocycles. The van der Waals surface area contributed by atoms with Crippen LogP contribution in [0.5, 0.6) is 0 Å². The molecule has 0 saturated carbocycles. The van der Waals surface area contributed by atoms with Crippen molar-refractivity contribution in [2.24, 2.45) is 4.99 Å². The molecule has 7 nitrogen and oxygen atoms in total. The van der Waals surface area contributed by atoms with E-state index in [0.717, 1.165) is 23.9 Å². The maximum absolute atomic E-state index is 12.1. The number of aliphatic imine (C=N–C) groups is 1. The molecule has 25 heavy (non-hydrogen) atoms. The smallest absolute Gasteiger partial charge is 0.236 e. The molecule has 0 unspecified atom stereocenters. The lowest BCUT2D eigenvalue weighted by Crippen LogP contribution is -2.39. The number of hydrogen-bond donors (Lipinski definition) is 1. The zero-order valence-corrected chi connectivity index (χ0v) is 14.8. The van der Waals surface area contributed by atoms with Crippen LogP contribution in [0.4, 0.5) is 11.5 Å². The van der Waals surface area contributed by atoms with E-state index < -0.39 is 0 Å². The molecule has 0 radical (unpaired) electrons. The van der Waals surface area contributed by atoms with E-state index in [9.17, 15) is 4.79 Å². The van der Waals surface area contributed by atoms with E-state index in [1.807, 2.05) is 30.3 Å². The number of para-hydroxylation sites is 1. The molecule has 8 heteroatoms. The van der Waals surface area contributed by atoms with Crippen molar-refractivity contribution >= 4 is 34.3 Å². The second-order valence-corrected chi connectivity index (χ2v) is 6.43. The van der Waals surface area contributed by atoms with Crippen LogP contribution in [0.2, 0.25) is 0 Å². The molecule has 1 aliphatic heterocycles. The number of ether oxygens (including phenoxy) is 1. The Labute approximate surface area is 150 Å². The number of carbonyl (C=O) groups is 1. The molecule has 2 aromatic rings. The summed E-state index contributed by atoms with van der Waals surface area (Å²) in [7, 11) is 0. The van der Waals surface area contributed by atoms with Crippen LogP contribution in [-0.2, 0) is 9.53 Å². The molecule has 1 N–H and O–H groups in total. The fourth-order valence-electron chi connectivity index (χ4n) is 2.30. The molecule has 1 amide bonds. The molecule has 132 valence electrons. The van der Waals surface area contributed by atoms with Crippen molar-refractivity contribution in [3.05, 3.63) is 42.2 Å². The van der Waals surface area contributed by atoms with Crippen molar-refractivity contribution in [1.82, 2.24) is 10.1 Å². The van der Waals surface area contributed by atoms with Crippen molar-refractivity contribution in [3.8, 4) is 0 Å². The third-order valence-corrected chi connectivity index (χ3v) is 4.50. The van der Waals surface area contributed by atoms with Gasteiger partial charge in [-0.15, -0.1) is 0 Å². The number of thioether (sulfide) groups is 1. The van der Waals surface area contributed by atoms with Gasteiger partial charge in [0.05, 0.1) is 24.7 Å². The van der Waals surface area contributed by atoms with E-state index in [0.29, 0.717) is 24.8 Å². The number of hydrogen-bond acceptors (Lipinski definition) is 6. The van der Waals surface area contributed by atoms with Crippen LogP contribution in [0.1, 0.15) is 5.76 Å². The van der Waals surface area contributed by atoms with Crippen LogP contribution in [0.25, 0.3) is 0 Å². The minimum Gasteiger partial charge on any atom is -0.378 e. The fraction of sp³-hybridized carbons (Fsp3) is 0.353. The van der Waals surface area contributed by atoms with Gasteiger partial charge in [-0.25, -0.2) is 4.99 Å². The molecule has 0 bridgehead atoms. The van der Waals surface area contributed by atoms with Crippen LogP contribution in [-0.4, -0.2) is 53.2 Å². The molecule has 0 atom stereocenters. The van der Waals surface area contributed by atoms with Gasteiger partial charge in [0.1, 0.15) is 5.76 Å². The number of benzene rings is 1. The first-order valence-corrected chi connectivity index (χ1v) is 9.02. The Kier molecular flexibility index (Phi) is 6.08. The normalized spacial score (nSPS) is 15.2. The summed E-state index contributed by atoms with van der Waals surface area (Å²) in [5.41, 5.74) is 0.865. The van der Waals surface area contributed by atoms with Crippen molar-refractivity contribution in [2.45, 2.75) is 6.92 Å². The van der Waals surface area contributed by atoms with E-state index in [1.165, 1.54) is 11.8 Å². The van der Waals surface area contributed by atoms with Gasteiger partial charge in [-0.05, 0) is 19.1 Å². The van der Waals surface area contributed by atoms with Crippen molar-refractivity contribution in [3.63, 3.8) is 0 Å². The first-order chi connectivity index (χ1) is 12.2. The molecular formula is C17H20N4O3S. The maximum Gasteiger partial charge on any atom is 0.236 e. The van der Waals surface area contributed by atoms with Gasteiger partial charge < -0.3 is 19.5 Å². The molecule has 1 fully saturated rings. The van der Waals surface area contributed by atoms with Gasteiger partial charge in [-0.1, -0.05) is 35.1 Å².